The van der Waals surface area contributed by atoms with Crippen molar-refractivity contribution >= 4 is 22.6 Å². The molecule has 0 N–H and O–H groups in total. The molecule has 152 valence electrons. The predicted molar refractivity (Wildman–Crippen MR) is 115 cm³/mol. The van der Waals surface area contributed by atoms with Gasteiger partial charge in [-0.2, -0.15) is 0 Å². The van der Waals surface area contributed by atoms with Gasteiger partial charge in [-0.05, 0) is 55.7 Å². The van der Waals surface area contributed by atoms with Gasteiger partial charge in [0.25, 0.3) is 5.91 Å². The number of hydrogen-bond acceptors (Lipinski definition) is 4. The molecule has 3 aromatic rings. The van der Waals surface area contributed by atoms with Gasteiger partial charge in [-0.25, -0.2) is 0 Å². The minimum Gasteiger partial charge on any atom is -0.451 e. The first-order valence-corrected chi connectivity index (χ1v) is 10.2. The summed E-state index contributed by atoms with van der Waals surface area (Å²) in [6.45, 7) is 3.91. The summed E-state index contributed by atoms with van der Waals surface area (Å²) in [7, 11) is 4.04. The Morgan fingerprint density at radius 1 is 1.10 bits per heavy atom. The molecule has 1 fully saturated rings. The number of ether oxygens (including phenoxy) is 1. The smallest absolute Gasteiger partial charge is 0.289 e. The second-order valence-electron chi connectivity index (χ2n) is 8.03. The summed E-state index contributed by atoms with van der Waals surface area (Å²) in [4.78, 5) is 17.3. The fourth-order valence-electron chi connectivity index (χ4n) is 3.80. The lowest BCUT2D eigenvalue weighted by molar-refractivity contribution is 0.0485. The van der Waals surface area contributed by atoms with Gasteiger partial charge in [0.2, 0.25) is 0 Å². The summed E-state index contributed by atoms with van der Waals surface area (Å²) in [6.07, 6.45) is 2.13. The third kappa shape index (κ3) is 4.46. The maximum Gasteiger partial charge on any atom is 0.289 e. The van der Waals surface area contributed by atoms with E-state index in [0.717, 1.165) is 47.2 Å². The van der Waals surface area contributed by atoms with Crippen LogP contribution in [0.1, 0.15) is 34.5 Å². The molecule has 2 aromatic carbocycles. The Morgan fingerprint density at radius 2 is 1.90 bits per heavy atom. The summed E-state index contributed by atoms with van der Waals surface area (Å²) in [6, 6.07) is 16.1. The van der Waals surface area contributed by atoms with Gasteiger partial charge in [0.05, 0.1) is 6.10 Å². The van der Waals surface area contributed by atoms with E-state index in [1.54, 1.807) is 0 Å². The molecule has 0 spiro atoms. The first-order chi connectivity index (χ1) is 14.0. The van der Waals surface area contributed by atoms with Crippen molar-refractivity contribution in [1.29, 1.82) is 0 Å². The Morgan fingerprint density at radius 3 is 2.59 bits per heavy atom. The van der Waals surface area contributed by atoms with Crippen LogP contribution >= 0.6 is 0 Å². The molecule has 1 amide bonds. The number of hydrogen-bond donors (Lipinski definition) is 0. The number of nitrogens with zero attached hydrogens (tertiary/aromatic N) is 2. The molecule has 5 heteroatoms. The molecule has 0 radical (unpaired) electrons. The number of anilines is 1. The fraction of sp³-hybridized carbons (Fsp3) is 0.375. The standard InChI is InChI=1S/C24H28N2O3/c1-17-6-11-22-19(13-17)14-23(29-22)24(27)26(16-21-5-4-12-28-21)15-18-7-9-20(10-8-18)25(2)3/h6-11,13-14,21H,4-5,12,15-16H2,1-3H3. The highest BCUT2D eigenvalue weighted by Crippen LogP contribution is 2.24. The van der Waals surface area contributed by atoms with Crippen LogP contribution in [-0.4, -0.2) is 44.2 Å². The summed E-state index contributed by atoms with van der Waals surface area (Å²) < 4.78 is 11.7. The van der Waals surface area contributed by atoms with Crippen LogP contribution in [0.4, 0.5) is 5.69 Å². The van der Waals surface area contributed by atoms with Gasteiger partial charge >= 0.3 is 0 Å². The summed E-state index contributed by atoms with van der Waals surface area (Å²) in [5.41, 5.74) is 4.12. The molecule has 1 atom stereocenters. The van der Waals surface area contributed by atoms with Crippen molar-refractivity contribution in [2.45, 2.75) is 32.4 Å². The molecule has 0 saturated carbocycles. The molecular weight excluding hydrogens is 364 g/mol. The third-order valence-corrected chi connectivity index (χ3v) is 5.44. The van der Waals surface area contributed by atoms with E-state index in [-0.39, 0.29) is 12.0 Å². The topological polar surface area (TPSA) is 45.9 Å². The van der Waals surface area contributed by atoms with Crippen molar-refractivity contribution in [3.05, 3.63) is 65.4 Å². The zero-order chi connectivity index (χ0) is 20.4. The quantitative estimate of drug-likeness (QED) is 0.614. The minimum absolute atomic E-state index is 0.0895. The van der Waals surface area contributed by atoms with Gasteiger partial charge in [-0.1, -0.05) is 23.8 Å². The Bertz CT molecular complexity index is 985. The number of amides is 1. The monoisotopic (exact) mass is 392 g/mol. The summed E-state index contributed by atoms with van der Waals surface area (Å²) in [5, 5.41) is 0.959. The van der Waals surface area contributed by atoms with E-state index < -0.39 is 0 Å². The lowest BCUT2D eigenvalue weighted by atomic mass is 10.1. The van der Waals surface area contributed by atoms with Crippen molar-refractivity contribution in [3.63, 3.8) is 0 Å². The van der Waals surface area contributed by atoms with Crippen molar-refractivity contribution < 1.29 is 13.9 Å². The van der Waals surface area contributed by atoms with Crippen molar-refractivity contribution in [2.24, 2.45) is 0 Å². The van der Waals surface area contributed by atoms with Gasteiger partial charge in [0.15, 0.2) is 5.76 Å². The molecule has 1 aromatic heterocycles. The number of aryl methyl sites for hydroxylation is 1. The molecular formula is C24H28N2O3. The number of carbonyl (C=O) groups is 1. The normalized spacial score (nSPS) is 16.3. The number of furan rings is 1. The third-order valence-electron chi connectivity index (χ3n) is 5.44. The summed E-state index contributed by atoms with van der Waals surface area (Å²) in [5.74, 6) is 0.291. The molecule has 1 aliphatic rings. The highest BCUT2D eigenvalue weighted by Gasteiger charge is 2.25. The SMILES string of the molecule is Cc1ccc2oc(C(=O)N(Cc3ccc(N(C)C)cc3)CC3CCCO3)cc2c1. The van der Waals surface area contributed by atoms with Crippen LogP contribution < -0.4 is 4.90 Å². The van der Waals surface area contributed by atoms with E-state index in [0.29, 0.717) is 18.8 Å². The van der Waals surface area contributed by atoms with Crippen LogP contribution in [-0.2, 0) is 11.3 Å². The Balaban J connectivity index is 1.58. The van der Waals surface area contributed by atoms with E-state index in [1.807, 2.05) is 50.2 Å². The zero-order valence-corrected chi connectivity index (χ0v) is 17.4. The van der Waals surface area contributed by atoms with Crippen molar-refractivity contribution in [1.82, 2.24) is 4.90 Å². The van der Waals surface area contributed by atoms with Gasteiger partial charge in [-0.15, -0.1) is 0 Å². The average molecular weight is 392 g/mol. The Labute approximate surface area is 171 Å². The van der Waals surface area contributed by atoms with E-state index in [1.165, 1.54) is 0 Å². The molecule has 1 unspecified atom stereocenters. The van der Waals surface area contributed by atoms with Gasteiger partial charge in [0.1, 0.15) is 5.58 Å². The van der Waals surface area contributed by atoms with E-state index in [2.05, 4.69) is 29.2 Å². The number of rotatable bonds is 6. The van der Waals surface area contributed by atoms with E-state index in [9.17, 15) is 4.79 Å². The Kier molecular flexibility index (Phi) is 5.58. The maximum atomic E-state index is 13.3. The molecule has 2 heterocycles. The molecule has 5 nitrogen and oxygen atoms in total. The summed E-state index contributed by atoms with van der Waals surface area (Å²) >= 11 is 0. The van der Waals surface area contributed by atoms with Gasteiger partial charge in [-0.3, -0.25) is 4.79 Å². The molecule has 0 aliphatic carbocycles. The fourth-order valence-corrected chi connectivity index (χ4v) is 3.80. The highest BCUT2D eigenvalue weighted by atomic mass is 16.5. The van der Waals surface area contributed by atoms with Crippen LogP contribution in [0, 0.1) is 6.92 Å². The predicted octanol–water partition coefficient (Wildman–Crippen LogP) is 4.63. The largest absolute Gasteiger partial charge is 0.451 e. The van der Waals surface area contributed by atoms with Crippen molar-refractivity contribution in [3.8, 4) is 0 Å². The number of carbonyl (C=O) groups excluding carboxylic acids is 1. The highest BCUT2D eigenvalue weighted by molar-refractivity contribution is 5.96. The lowest BCUT2D eigenvalue weighted by Gasteiger charge is -2.25. The minimum atomic E-state index is -0.0916. The molecule has 29 heavy (non-hydrogen) atoms. The van der Waals surface area contributed by atoms with Crippen LogP contribution in [0.2, 0.25) is 0 Å². The van der Waals surface area contributed by atoms with Crippen molar-refractivity contribution in [2.75, 3.05) is 32.1 Å². The van der Waals surface area contributed by atoms with E-state index in [4.69, 9.17) is 9.15 Å². The maximum absolute atomic E-state index is 13.3. The Hall–Kier alpha value is -2.79. The number of benzene rings is 2. The van der Waals surface area contributed by atoms with Gasteiger partial charge in [0, 0.05) is 44.9 Å². The average Bonchev–Trinajstić information content (AvgIpc) is 3.36. The van der Waals surface area contributed by atoms with Crippen LogP contribution in [0.25, 0.3) is 11.0 Å². The first kappa shape index (κ1) is 19.5. The van der Waals surface area contributed by atoms with Crippen LogP contribution in [0.15, 0.2) is 52.9 Å². The second-order valence-corrected chi connectivity index (χ2v) is 8.03. The molecule has 4 rings (SSSR count). The first-order valence-electron chi connectivity index (χ1n) is 10.2. The van der Waals surface area contributed by atoms with E-state index >= 15 is 0 Å². The van der Waals surface area contributed by atoms with Gasteiger partial charge < -0.3 is 19.0 Å². The zero-order valence-electron chi connectivity index (χ0n) is 17.4. The number of fused-ring (bicyclic) bond motifs is 1. The van der Waals surface area contributed by atoms with Crippen LogP contribution in [0.3, 0.4) is 0 Å². The molecule has 1 saturated heterocycles. The van der Waals surface area contributed by atoms with Crippen LogP contribution in [0.5, 0.6) is 0 Å². The molecule has 1 aliphatic heterocycles. The molecule has 0 bridgehead atoms. The lowest BCUT2D eigenvalue weighted by Crippen LogP contribution is -2.36. The second kappa shape index (κ2) is 8.29.